The second kappa shape index (κ2) is 5.91. The fraction of sp³-hybridized carbons (Fsp3) is 0.312. The summed E-state index contributed by atoms with van der Waals surface area (Å²) in [4.78, 5) is 14.5. The molecule has 1 aliphatic heterocycles. The van der Waals surface area contributed by atoms with Crippen LogP contribution in [0, 0.1) is 0 Å². The number of rotatable bonds is 3. The number of para-hydroxylation sites is 1. The molecule has 1 saturated heterocycles. The van der Waals surface area contributed by atoms with E-state index >= 15 is 0 Å². The Bertz CT molecular complexity index is 630. The number of hydrogen-bond donors (Lipinski definition) is 0. The van der Waals surface area contributed by atoms with Gasteiger partial charge in [-0.05, 0) is 25.0 Å². The lowest BCUT2D eigenvalue weighted by molar-refractivity contribution is 0.0733. The van der Waals surface area contributed by atoms with Crippen LogP contribution in [0.5, 0.6) is 5.75 Å². The van der Waals surface area contributed by atoms with E-state index in [1.54, 1.807) is 19.4 Å². The highest BCUT2D eigenvalue weighted by atomic mass is 16.5. The number of likely N-dealkylation sites (tertiary alicyclic amines) is 1. The van der Waals surface area contributed by atoms with Gasteiger partial charge < -0.3 is 9.64 Å². The number of ether oxygens (including phenoxy) is 1. The van der Waals surface area contributed by atoms with Crippen LogP contribution in [0.15, 0.2) is 42.7 Å². The fourth-order valence-corrected chi connectivity index (χ4v) is 2.86. The normalized spacial score (nSPS) is 17.8. The van der Waals surface area contributed by atoms with Crippen LogP contribution in [-0.4, -0.2) is 34.7 Å². The molecule has 0 saturated carbocycles. The van der Waals surface area contributed by atoms with E-state index < -0.39 is 0 Å². The SMILES string of the molecule is COc1ccccc1[C@@H]1CCCN1C(=O)c1ccnnc1. The topological polar surface area (TPSA) is 55.3 Å². The highest BCUT2D eigenvalue weighted by molar-refractivity contribution is 5.94. The van der Waals surface area contributed by atoms with Crippen LogP contribution in [0.2, 0.25) is 0 Å². The number of aromatic nitrogens is 2. The Morgan fingerprint density at radius 1 is 1.29 bits per heavy atom. The number of carbonyl (C=O) groups excluding carboxylic acids is 1. The summed E-state index contributed by atoms with van der Waals surface area (Å²) in [6.45, 7) is 0.754. The molecule has 0 radical (unpaired) electrons. The molecular weight excluding hydrogens is 266 g/mol. The lowest BCUT2D eigenvalue weighted by Crippen LogP contribution is -2.30. The molecule has 1 fully saturated rings. The molecule has 1 aromatic heterocycles. The molecule has 1 aromatic carbocycles. The molecule has 2 heterocycles. The molecule has 1 amide bonds. The maximum atomic E-state index is 12.6. The molecule has 2 aromatic rings. The minimum absolute atomic E-state index is 0.00157. The smallest absolute Gasteiger partial charge is 0.256 e. The molecule has 1 aliphatic rings. The first-order valence-electron chi connectivity index (χ1n) is 7.02. The molecule has 0 aliphatic carbocycles. The molecule has 0 unspecified atom stereocenters. The molecule has 0 bridgehead atoms. The van der Waals surface area contributed by atoms with E-state index in [-0.39, 0.29) is 11.9 Å². The Morgan fingerprint density at radius 3 is 2.90 bits per heavy atom. The number of methoxy groups -OCH3 is 1. The highest BCUT2D eigenvalue weighted by Gasteiger charge is 2.32. The van der Waals surface area contributed by atoms with Crippen LogP contribution in [0.25, 0.3) is 0 Å². The van der Waals surface area contributed by atoms with E-state index in [2.05, 4.69) is 10.2 Å². The van der Waals surface area contributed by atoms with Crippen LogP contribution in [0.4, 0.5) is 0 Å². The van der Waals surface area contributed by atoms with Crippen LogP contribution in [0.3, 0.4) is 0 Å². The van der Waals surface area contributed by atoms with E-state index in [0.717, 1.165) is 30.7 Å². The summed E-state index contributed by atoms with van der Waals surface area (Å²) in [5.41, 5.74) is 1.64. The molecular formula is C16H17N3O2. The maximum Gasteiger partial charge on any atom is 0.256 e. The van der Waals surface area contributed by atoms with E-state index in [4.69, 9.17) is 4.74 Å². The van der Waals surface area contributed by atoms with Crippen molar-refractivity contribution in [3.8, 4) is 5.75 Å². The minimum atomic E-state index is -0.00157. The van der Waals surface area contributed by atoms with E-state index in [1.807, 2.05) is 29.2 Å². The molecule has 21 heavy (non-hydrogen) atoms. The number of benzene rings is 1. The van der Waals surface area contributed by atoms with Crippen molar-refractivity contribution in [2.45, 2.75) is 18.9 Å². The predicted octanol–water partition coefficient (Wildman–Crippen LogP) is 2.46. The van der Waals surface area contributed by atoms with Crippen molar-refractivity contribution in [3.05, 3.63) is 53.9 Å². The first-order chi connectivity index (χ1) is 10.3. The summed E-state index contributed by atoms with van der Waals surface area (Å²) in [5, 5.41) is 7.50. The van der Waals surface area contributed by atoms with Gasteiger partial charge in [0.2, 0.25) is 0 Å². The largest absolute Gasteiger partial charge is 0.496 e. The lowest BCUT2D eigenvalue weighted by Gasteiger charge is -2.26. The first kappa shape index (κ1) is 13.5. The second-order valence-corrected chi connectivity index (χ2v) is 5.03. The van der Waals surface area contributed by atoms with Crippen molar-refractivity contribution < 1.29 is 9.53 Å². The van der Waals surface area contributed by atoms with Gasteiger partial charge in [-0.25, -0.2) is 0 Å². The average molecular weight is 283 g/mol. The van der Waals surface area contributed by atoms with Crippen LogP contribution in [0.1, 0.15) is 34.8 Å². The van der Waals surface area contributed by atoms with Crippen molar-refractivity contribution in [1.29, 1.82) is 0 Å². The van der Waals surface area contributed by atoms with Gasteiger partial charge in [0.05, 0.1) is 31.1 Å². The molecule has 5 heteroatoms. The van der Waals surface area contributed by atoms with Crippen LogP contribution >= 0.6 is 0 Å². The van der Waals surface area contributed by atoms with Gasteiger partial charge in [0, 0.05) is 12.1 Å². The van der Waals surface area contributed by atoms with Gasteiger partial charge >= 0.3 is 0 Å². The Morgan fingerprint density at radius 2 is 2.14 bits per heavy atom. The highest BCUT2D eigenvalue weighted by Crippen LogP contribution is 2.37. The summed E-state index contributed by atoms with van der Waals surface area (Å²) in [6.07, 6.45) is 5.00. The molecule has 0 N–H and O–H groups in total. The maximum absolute atomic E-state index is 12.6. The minimum Gasteiger partial charge on any atom is -0.496 e. The summed E-state index contributed by atoms with van der Waals surface area (Å²) >= 11 is 0. The van der Waals surface area contributed by atoms with Gasteiger partial charge in [0.1, 0.15) is 5.75 Å². The Balaban J connectivity index is 1.91. The van der Waals surface area contributed by atoms with E-state index in [1.165, 1.54) is 6.20 Å². The number of amides is 1. The van der Waals surface area contributed by atoms with Crippen molar-refractivity contribution >= 4 is 5.91 Å². The molecule has 0 spiro atoms. The molecule has 108 valence electrons. The quantitative estimate of drug-likeness (QED) is 0.868. The molecule has 1 atom stereocenters. The summed E-state index contributed by atoms with van der Waals surface area (Å²) < 4.78 is 5.43. The van der Waals surface area contributed by atoms with Gasteiger partial charge in [0.15, 0.2) is 0 Å². The van der Waals surface area contributed by atoms with Gasteiger partial charge in [-0.3, -0.25) is 4.79 Å². The standard InChI is InChI=1S/C16H17N3O2/c1-21-15-7-3-2-5-13(15)14-6-4-10-19(14)16(20)12-8-9-17-18-11-12/h2-3,5,7-9,11,14H,4,6,10H2,1H3/t14-/m0/s1. The van der Waals surface area contributed by atoms with Crippen molar-refractivity contribution in [2.75, 3.05) is 13.7 Å². The zero-order chi connectivity index (χ0) is 14.7. The third-order valence-corrected chi connectivity index (χ3v) is 3.84. The summed E-state index contributed by atoms with van der Waals surface area (Å²) in [5.74, 6) is 0.827. The van der Waals surface area contributed by atoms with Crippen molar-refractivity contribution in [1.82, 2.24) is 15.1 Å². The van der Waals surface area contributed by atoms with E-state index in [0.29, 0.717) is 5.56 Å². The van der Waals surface area contributed by atoms with Gasteiger partial charge in [-0.2, -0.15) is 10.2 Å². The van der Waals surface area contributed by atoms with E-state index in [9.17, 15) is 4.79 Å². The lowest BCUT2D eigenvalue weighted by atomic mass is 10.0. The van der Waals surface area contributed by atoms with Gasteiger partial charge in [-0.15, -0.1) is 0 Å². The summed E-state index contributed by atoms with van der Waals surface area (Å²) in [6, 6.07) is 9.64. The zero-order valence-electron chi connectivity index (χ0n) is 11.9. The monoisotopic (exact) mass is 283 g/mol. The third kappa shape index (κ3) is 2.59. The predicted molar refractivity (Wildman–Crippen MR) is 78.0 cm³/mol. The number of carbonyl (C=O) groups is 1. The third-order valence-electron chi connectivity index (χ3n) is 3.84. The second-order valence-electron chi connectivity index (χ2n) is 5.03. The molecule has 5 nitrogen and oxygen atoms in total. The van der Waals surface area contributed by atoms with Gasteiger partial charge in [0.25, 0.3) is 5.91 Å². The first-order valence-corrected chi connectivity index (χ1v) is 7.02. The number of nitrogens with zero attached hydrogens (tertiary/aromatic N) is 3. The molecule has 3 rings (SSSR count). The summed E-state index contributed by atoms with van der Waals surface area (Å²) in [7, 11) is 1.66. The van der Waals surface area contributed by atoms with Crippen molar-refractivity contribution in [2.24, 2.45) is 0 Å². The Kier molecular flexibility index (Phi) is 3.81. The Hall–Kier alpha value is -2.43. The van der Waals surface area contributed by atoms with Crippen LogP contribution < -0.4 is 4.74 Å². The zero-order valence-corrected chi connectivity index (χ0v) is 11.9. The number of hydrogen-bond acceptors (Lipinski definition) is 4. The van der Waals surface area contributed by atoms with Gasteiger partial charge in [-0.1, -0.05) is 18.2 Å². The van der Waals surface area contributed by atoms with Crippen molar-refractivity contribution in [3.63, 3.8) is 0 Å². The fourth-order valence-electron chi connectivity index (χ4n) is 2.86. The van der Waals surface area contributed by atoms with Crippen LogP contribution in [-0.2, 0) is 0 Å². The Labute approximate surface area is 123 Å². The average Bonchev–Trinajstić information content (AvgIpc) is 3.04.